The van der Waals surface area contributed by atoms with E-state index in [-0.39, 0.29) is 0 Å². The summed E-state index contributed by atoms with van der Waals surface area (Å²) in [6.45, 7) is 9.19. The lowest BCUT2D eigenvalue weighted by Crippen LogP contribution is -2.17. The average molecular weight is 297 g/mol. The second-order valence-corrected chi connectivity index (χ2v) is 6.72. The number of pyridine rings is 1. The number of hydrogen-bond acceptors (Lipinski definition) is 5. The molecule has 114 valence electrons. The Bertz CT molecular complexity index is 399. The maximum atomic E-state index is 5.89. The molecule has 1 atom stereocenters. The molecular weight excluding hydrogens is 270 g/mol. The Morgan fingerprint density at radius 1 is 1.35 bits per heavy atom. The second-order valence-electron chi connectivity index (χ2n) is 5.33. The number of hydrogen-bond donors (Lipinski definition) is 2. The van der Waals surface area contributed by atoms with Crippen LogP contribution in [0, 0.1) is 5.92 Å². The van der Waals surface area contributed by atoms with E-state index in [0.29, 0.717) is 30.1 Å². The van der Waals surface area contributed by atoms with Crippen LogP contribution in [0.15, 0.2) is 12.1 Å². The zero-order valence-corrected chi connectivity index (χ0v) is 13.8. The van der Waals surface area contributed by atoms with Gasteiger partial charge in [-0.15, -0.1) is 0 Å². The van der Waals surface area contributed by atoms with Gasteiger partial charge in [0.25, 0.3) is 0 Å². The van der Waals surface area contributed by atoms with Crippen LogP contribution in [0.25, 0.3) is 0 Å². The van der Waals surface area contributed by atoms with E-state index in [2.05, 4.69) is 38.0 Å². The molecule has 0 saturated carbocycles. The Morgan fingerprint density at radius 3 is 2.75 bits per heavy atom. The molecule has 0 bridgehead atoms. The lowest BCUT2D eigenvalue weighted by molar-refractivity contribution is 0.263. The van der Waals surface area contributed by atoms with Gasteiger partial charge in [0.15, 0.2) is 0 Å². The van der Waals surface area contributed by atoms with Gasteiger partial charge in [0.05, 0.1) is 12.3 Å². The van der Waals surface area contributed by atoms with Gasteiger partial charge < -0.3 is 15.8 Å². The van der Waals surface area contributed by atoms with Crippen molar-refractivity contribution in [2.45, 2.75) is 40.2 Å². The van der Waals surface area contributed by atoms with Crippen LogP contribution in [0.5, 0.6) is 5.88 Å². The normalized spacial score (nSPS) is 12.4. The Hall–Kier alpha value is -1.10. The predicted octanol–water partition coefficient (Wildman–Crippen LogP) is 3.64. The Kier molecular flexibility index (Phi) is 7.59. The third kappa shape index (κ3) is 6.37. The quantitative estimate of drug-likeness (QED) is 0.681. The Balaban J connectivity index is 2.55. The van der Waals surface area contributed by atoms with Crippen molar-refractivity contribution in [2.75, 3.05) is 29.2 Å². The molecule has 0 aliphatic carbocycles. The van der Waals surface area contributed by atoms with Crippen LogP contribution in [0.3, 0.4) is 0 Å². The highest BCUT2D eigenvalue weighted by molar-refractivity contribution is 7.99. The maximum absolute atomic E-state index is 5.89. The summed E-state index contributed by atoms with van der Waals surface area (Å²) >= 11 is 1.96. The van der Waals surface area contributed by atoms with Gasteiger partial charge in [-0.05, 0) is 42.9 Å². The molecular formula is C15H27N3OS. The number of thioether (sulfide) groups is 1. The number of nitrogens with two attached hydrogens (primary N) is 1. The van der Waals surface area contributed by atoms with Gasteiger partial charge >= 0.3 is 0 Å². The molecule has 1 aromatic heterocycles. The van der Waals surface area contributed by atoms with Crippen LogP contribution < -0.4 is 15.8 Å². The lowest BCUT2D eigenvalue weighted by Gasteiger charge is -2.16. The molecule has 0 fully saturated rings. The minimum absolute atomic E-state index is 0.392. The molecule has 1 heterocycles. The van der Waals surface area contributed by atoms with Gasteiger partial charge in [0.1, 0.15) is 5.82 Å². The van der Waals surface area contributed by atoms with Crippen LogP contribution in [0.1, 0.15) is 34.1 Å². The van der Waals surface area contributed by atoms with Crippen LogP contribution in [0.4, 0.5) is 11.5 Å². The number of aromatic nitrogens is 1. The highest BCUT2D eigenvalue weighted by atomic mass is 32.2. The molecule has 0 aromatic carbocycles. The van der Waals surface area contributed by atoms with Crippen molar-refractivity contribution in [3.8, 4) is 5.88 Å². The van der Waals surface area contributed by atoms with Gasteiger partial charge in [0, 0.05) is 6.04 Å². The summed E-state index contributed by atoms with van der Waals surface area (Å²) in [6.07, 6.45) is 1.12. The standard InChI is InChI=1S/C15H27N3OS/c1-5-20-9-8-12(4)17-14-7-6-13(16)15(18-14)19-10-11(2)3/h6-7,11-12H,5,8-10,16H2,1-4H3,(H,17,18). The van der Waals surface area contributed by atoms with Crippen LogP contribution in [-0.2, 0) is 0 Å². The van der Waals surface area contributed by atoms with Crippen molar-refractivity contribution < 1.29 is 4.74 Å². The average Bonchev–Trinajstić information content (AvgIpc) is 2.39. The topological polar surface area (TPSA) is 60.2 Å². The van der Waals surface area contributed by atoms with Crippen molar-refractivity contribution in [2.24, 2.45) is 5.92 Å². The SMILES string of the molecule is CCSCCC(C)Nc1ccc(N)c(OCC(C)C)n1. The van der Waals surface area contributed by atoms with Gasteiger partial charge in [-0.25, -0.2) is 0 Å². The zero-order valence-electron chi connectivity index (χ0n) is 13.0. The van der Waals surface area contributed by atoms with Gasteiger partial charge in [-0.2, -0.15) is 16.7 Å². The monoisotopic (exact) mass is 297 g/mol. The third-order valence-corrected chi connectivity index (χ3v) is 3.67. The molecule has 0 amide bonds. The van der Waals surface area contributed by atoms with E-state index in [1.807, 2.05) is 23.9 Å². The van der Waals surface area contributed by atoms with E-state index in [1.54, 1.807) is 0 Å². The first-order valence-electron chi connectivity index (χ1n) is 7.26. The molecule has 0 aliphatic rings. The predicted molar refractivity (Wildman–Crippen MR) is 89.7 cm³/mol. The van der Waals surface area contributed by atoms with Crippen molar-refractivity contribution in [3.63, 3.8) is 0 Å². The van der Waals surface area contributed by atoms with E-state index in [0.717, 1.165) is 18.0 Å². The summed E-state index contributed by atoms with van der Waals surface area (Å²) in [4.78, 5) is 4.45. The van der Waals surface area contributed by atoms with E-state index >= 15 is 0 Å². The summed E-state index contributed by atoms with van der Waals surface area (Å²) in [6, 6.07) is 4.14. The molecule has 1 aromatic rings. The molecule has 20 heavy (non-hydrogen) atoms. The first-order valence-corrected chi connectivity index (χ1v) is 8.42. The van der Waals surface area contributed by atoms with Crippen LogP contribution in [-0.4, -0.2) is 29.1 Å². The summed E-state index contributed by atoms with van der Waals surface area (Å²) < 4.78 is 5.64. The van der Waals surface area contributed by atoms with Gasteiger partial charge in [-0.1, -0.05) is 20.8 Å². The molecule has 3 N–H and O–H groups in total. The first kappa shape index (κ1) is 17.0. The zero-order chi connectivity index (χ0) is 15.0. The Labute approximate surface area is 126 Å². The largest absolute Gasteiger partial charge is 0.476 e. The van der Waals surface area contributed by atoms with Gasteiger partial charge in [-0.3, -0.25) is 0 Å². The molecule has 1 unspecified atom stereocenters. The summed E-state index contributed by atoms with van der Waals surface area (Å²) in [5.74, 6) is 4.14. The fourth-order valence-electron chi connectivity index (χ4n) is 1.62. The molecule has 0 aliphatic heterocycles. The number of nitrogens with zero attached hydrogens (tertiary/aromatic N) is 1. The molecule has 0 radical (unpaired) electrons. The van der Waals surface area contributed by atoms with Crippen LogP contribution in [0.2, 0.25) is 0 Å². The molecule has 1 rings (SSSR count). The smallest absolute Gasteiger partial charge is 0.239 e. The number of rotatable bonds is 9. The van der Waals surface area contributed by atoms with Crippen molar-refractivity contribution in [3.05, 3.63) is 12.1 Å². The number of nitrogens with one attached hydrogen (secondary N) is 1. The summed E-state index contributed by atoms with van der Waals surface area (Å²) in [5.41, 5.74) is 6.47. The van der Waals surface area contributed by atoms with Crippen LogP contribution >= 0.6 is 11.8 Å². The molecule has 0 spiro atoms. The first-order chi connectivity index (χ1) is 9.52. The van der Waals surface area contributed by atoms with E-state index in [1.165, 1.54) is 5.75 Å². The van der Waals surface area contributed by atoms with Crippen molar-refractivity contribution in [1.29, 1.82) is 0 Å². The minimum atomic E-state index is 0.392. The number of anilines is 2. The highest BCUT2D eigenvalue weighted by Gasteiger charge is 2.08. The molecule has 0 saturated heterocycles. The summed E-state index contributed by atoms with van der Waals surface area (Å²) in [7, 11) is 0. The summed E-state index contributed by atoms with van der Waals surface area (Å²) in [5, 5.41) is 3.40. The number of ether oxygens (including phenoxy) is 1. The molecule has 4 nitrogen and oxygen atoms in total. The number of nitrogen functional groups attached to an aromatic ring is 1. The fourth-order valence-corrected chi connectivity index (χ4v) is 2.43. The fraction of sp³-hybridized carbons (Fsp3) is 0.667. The van der Waals surface area contributed by atoms with Crippen molar-refractivity contribution >= 4 is 23.3 Å². The second kappa shape index (κ2) is 8.95. The van der Waals surface area contributed by atoms with E-state index in [4.69, 9.17) is 10.5 Å². The molecule has 5 heteroatoms. The maximum Gasteiger partial charge on any atom is 0.239 e. The van der Waals surface area contributed by atoms with Gasteiger partial charge in [0.2, 0.25) is 5.88 Å². The van der Waals surface area contributed by atoms with Crippen molar-refractivity contribution in [1.82, 2.24) is 4.98 Å². The third-order valence-electron chi connectivity index (χ3n) is 2.74. The lowest BCUT2D eigenvalue weighted by atomic mass is 10.2. The van der Waals surface area contributed by atoms with E-state index < -0.39 is 0 Å². The highest BCUT2D eigenvalue weighted by Crippen LogP contribution is 2.22. The Morgan fingerprint density at radius 2 is 2.10 bits per heavy atom. The van der Waals surface area contributed by atoms with E-state index in [9.17, 15) is 0 Å². The minimum Gasteiger partial charge on any atom is -0.476 e.